The molecule has 2 aromatic carbocycles. The van der Waals surface area contributed by atoms with Crippen LogP contribution in [0.25, 0.3) is 0 Å². The zero-order valence-corrected chi connectivity index (χ0v) is 13.5. The minimum Gasteiger partial charge on any atom is -0.273 e. The fourth-order valence-electron chi connectivity index (χ4n) is 1.72. The second-order valence-corrected chi connectivity index (χ2v) is 5.63. The molecule has 0 aromatic heterocycles. The van der Waals surface area contributed by atoms with Gasteiger partial charge in [-0.1, -0.05) is 53.0 Å². The number of carbonyl (C=O) groups excluding carboxylic acids is 2. The minimum atomic E-state index is -0.493. The lowest BCUT2D eigenvalue weighted by molar-refractivity contribution is -0.121. The molecule has 0 radical (unpaired) electrons. The molecule has 2 amide bonds. The summed E-state index contributed by atoms with van der Waals surface area (Å²) in [6, 6.07) is 11.4. The monoisotopic (exact) mass is 356 g/mol. The third kappa shape index (κ3) is 4.37. The molecule has 0 saturated heterocycles. The topological polar surface area (TPSA) is 58.2 Å². The van der Waals surface area contributed by atoms with Crippen LogP contribution in [0.1, 0.15) is 15.9 Å². The van der Waals surface area contributed by atoms with Gasteiger partial charge in [-0.2, -0.15) is 0 Å². The Hall–Kier alpha value is -1.75. The third-order valence-corrected chi connectivity index (χ3v) is 3.85. The van der Waals surface area contributed by atoms with Crippen LogP contribution in [0.5, 0.6) is 0 Å². The summed E-state index contributed by atoms with van der Waals surface area (Å²) in [7, 11) is 0. The molecule has 0 aliphatic carbocycles. The van der Waals surface area contributed by atoms with Crippen LogP contribution in [0.3, 0.4) is 0 Å². The highest BCUT2D eigenvalue weighted by molar-refractivity contribution is 6.42. The highest BCUT2D eigenvalue weighted by Crippen LogP contribution is 2.22. The molecule has 0 heterocycles. The molecule has 0 bridgehead atoms. The third-order valence-electron chi connectivity index (χ3n) is 2.78. The van der Waals surface area contributed by atoms with Gasteiger partial charge in [0.1, 0.15) is 0 Å². The molecule has 114 valence electrons. The first-order chi connectivity index (χ1) is 10.5. The number of hydrazine groups is 1. The number of rotatable bonds is 3. The van der Waals surface area contributed by atoms with Gasteiger partial charge in [0.2, 0.25) is 5.91 Å². The number of hydrogen-bond acceptors (Lipinski definition) is 2. The van der Waals surface area contributed by atoms with E-state index < -0.39 is 11.8 Å². The Kier molecular flexibility index (Phi) is 5.66. The Balaban J connectivity index is 1.91. The summed E-state index contributed by atoms with van der Waals surface area (Å²) in [4.78, 5) is 23.7. The highest BCUT2D eigenvalue weighted by Gasteiger charge is 2.11. The molecule has 0 saturated carbocycles. The summed E-state index contributed by atoms with van der Waals surface area (Å²) in [6.07, 6.45) is 0.0552. The molecule has 7 heteroatoms. The van der Waals surface area contributed by atoms with Crippen LogP contribution >= 0.6 is 34.8 Å². The normalized spacial score (nSPS) is 10.1. The number of amides is 2. The van der Waals surface area contributed by atoms with Gasteiger partial charge in [0.05, 0.1) is 27.1 Å². The molecule has 0 aliphatic heterocycles. The fourth-order valence-corrected chi connectivity index (χ4v) is 2.26. The largest absolute Gasteiger partial charge is 0.273 e. The molecule has 22 heavy (non-hydrogen) atoms. The molecule has 0 aliphatic rings. The van der Waals surface area contributed by atoms with Crippen LogP contribution in [-0.4, -0.2) is 11.8 Å². The van der Waals surface area contributed by atoms with E-state index in [-0.39, 0.29) is 12.0 Å². The summed E-state index contributed by atoms with van der Waals surface area (Å²) >= 11 is 17.6. The van der Waals surface area contributed by atoms with Crippen LogP contribution in [0.2, 0.25) is 15.1 Å². The Bertz CT molecular complexity index is 720. The van der Waals surface area contributed by atoms with Crippen LogP contribution in [-0.2, 0) is 11.2 Å². The van der Waals surface area contributed by atoms with Gasteiger partial charge in [0.25, 0.3) is 5.91 Å². The summed E-state index contributed by atoms with van der Waals surface area (Å²) in [5.41, 5.74) is 5.58. The van der Waals surface area contributed by atoms with Crippen molar-refractivity contribution in [3.63, 3.8) is 0 Å². The molecular formula is C15H11Cl3N2O2. The van der Waals surface area contributed by atoms with Crippen molar-refractivity contribution in [3.8, 4) is 0 Å². The van der Waals surface area contributed by atoms with E-state index in [0.29, 0.717) is 20.6 Å². The molecule has 2 rings (SSSR count). The van der Waals surface area contributed by atoms with Crippen LogP contribution in [0.4, 0.5) is 0 Å². The first-order valence-electron chi connectivity index (χ1n) is 6.25. The Labute approximate surface area is 142 Å². The van der Waals surface area contributed by atoms with E-state index in [4.69, 9.17) is 34.8 Å². The second-order valence-electron chi connectivity index (χ2n) is 4.41. The van der Waals surface area contributed by atoms with E-state index >= 15 is 0 Å². The lowest BCUT2D eigenvalue weighted by Gasteiger charge is -2.08. The average molecular weight is 358 g/mol. The molecule has 0 fully saturated rings. The highest BCUT2D eigenvalue weighted by atomic mass is 35.5. The number of halogens is 3. The van der Waals surface area contributed by atoms with Gasteiger partial charge < -0.3 is 0 Å². The van der Waals surface area contributed by atoms with E-state index in [0.717, 1.165) is 0 Å². The zero-order valence-electron chi connectivity index (χ0n) is 11.2. The number of benzene rings is 2. The predicted octanol–water partition coefficient (Wildman–Crippen LogP) is 3.65. The Morgan fingerprint density at radius 2 is 1.59 bits per heavy atom. The van der Waals surface area contributed by atoms with E-state index in [1.165, 1.54) is 0 Å². The van der Waals surface area contributed by atoms with Gasteiger partial charge in [0, 0.05) is 0 Å². The quantitative estimate of drug-likeness (QED) is 0.824. The Morgan fingerprint density at radius 1 is 0.864 bits per heavy atom. The maximum Gasteiger partial charge on any atom is 0.271 e. The number of carbonyl (C=O) groups is 2. The van der Waals surface area contributed by atoms with E-state index in [2.05, 4.69) is 10.9 Å². The van der Waals surface area contributed by atoms with Crippen molar-refractivity contribution in [2.75, 3.05) is 0 Å². The van der Waals surface area contributed by atoms with E-state index in [1.54, 1.807) is 42.5 Å². The van der Waals surface area contributed by atoms with Crippen molar-refractivity contribution in [3.05, 3.63) is 68.7 Å². The van der Waals surface area contributed by atoms with E-state index in [1.807, 2.05) is 0 Å². The van der Waals surface area contributed by atoms with Crippen molar-refractivity contribution >= 4 is 46.6 Å². The molecule has 0 spiro atoms. The molecule has 2 aromatic rings. The fraction of sp³-hybridized carbons (Fsp3) is 0.0667. The van der Waals surface area contributed by atoms with Gasteiger partial charge in [-0.3, -0.25) is 20.4 Å². The average Bonchev–Trinajstić information content (AvgIpc) is 2.49. The number of nitrogens with one attached hydrogen (secondary N) is 2. The van der Waals surface area contributed by atoms with Crippen molar-refractivity contribution in [2.24, 2.45) is 0 Å². The van der Waals surface area contributed by atoms with Gasteiger partial charge in [-0.15, -0.1) is 0 Å². The van der Waals surface area contributed by atoms with Gasteiger partial charge in [-0.25, -0.2) is 0 Å². The van der Waals surface area contributed by atoms with Crippen LogP contribution < -0.4 is 10.9 Å². The van der Waals surface area contributed by atoms with Gasteiger partial charge >= 0.3 is 0 Å². The van der Waals surface area contributed by atoms with Gasteiger partial charge in [0.15, 0.2) is 0 Å². The predicted molar refractivity (Wildman–Crippen MR) is 87.2 cm³/mol. The van der Waals surface area contributed by atoms with Crippen LogP contribution in [0.15, 0.2) is 42.5 Å². The zero-order chi connectivity index (χ0) is 16.1. The summed E-state index contributed by atoms with van der Waals surface area (Å²) in [5.74, 6) is -0.883. The summed E-state index contributed by atoms with van der Waals surface area (Å²) in [5, 5.41) is 1.09. The van der Waals surface area contributed by atoms with Crippen LogP contribution in [0, 0.1) is 0 Å². The standard InChI is InChI=1S/C15H11Cl3N2O2/c16-11-4-2-1-3-10(11)15(22)20-19-14(21)8-9-5-6-12(17)13(18)7-9/h1-7H,8H2,(H,19,21)(H,20,22). The maximum atomic E-state index is 11.9. The molecular weight excluding hydrogens is 347 g/mol. The van der Waals surface area contributed by atoms with Crippen molar-refractivity contribution in [1.82, 2.24) is 10.9 Å². The molecule has 0 atom stereocenters. The minimum absolute atomic E-state index is 0.0552. The summed E-state index contributed by atoms with van der Waals surface area (Å²) in [6.45, 7) is 0. The Morgan fingerprint density at radius 3 is 2.27 bits per heavy atom. The molecule has 2 N–H and O–H groups in total. The van der Waals surface area contributed by atoms with Crippen molar-refractivity contribution in [2.45, 2.75) is 6.42 Å². The molecule has 4 nitrogen and oxygen atoms in total. The second kappa shape index (κ2) is 7.49. The maximum absolute atomic E-state index is 11.9. The lowest BCUT2D eigenvalue weighted by atomic mass is 10.1. The van der Waals surface area contributed by atoms with E-state index in [9.17, 15) is 9.59 Å². The number of hydrogen-bond donors (Lipinski definition) is 2. The van der Waals surface area contributed by atoms with Crippen molar-refractivity contribution < 1.29 is 9.59 Å². The SMILES string of the molecule is O=C(Cc1ccc(Cl)c(Cl)c1)NNC(=O)c1ccccc1Cl. The van der Waals surface area contributed by atoms with Crippen molar-refractivity contribution in [1.29, 1.82) is 0 Å². The molecule has 0 unspecified atom stereocenters. The van der Waals surface area contributed by atoms with Gasteiger partial charge in [-0.05, 0) is 29.8 Å². The first-order valence-corrected chi connectivity index (χ1v) is 7.38. The first kappa shape index (κ1) is 16.6. The smallest absolute Gasteiger partial charge is 0.271 e. The summed E-state index contributed by atoms with van der Waals surface area (Å²) < 4.78 is 0. The lowest BCUT2D eigenvalue weighted by Crippen LogP contribution is -2.42.